The van der Waals surface area contributed by atoms with Crippen molar-refractivity contribution in [2.45, 2.75) is 25.8 Å². The highest BCUT2D eigenvalue weighted by molar-refractivity contribution is 5.52. The Kier molecular flexibility index (Phi) is 4.21. The maximum absolute atomic E-state index is 5.70. The summed E-state index contributed by atoms with van der Waals surface area (Å²) in [6.45, 7) is 2.85. The molecule has 0 unspecified atom stereocenters. The first kappa shape index (κ1) is 15.4. The highest BCUT2D eigenvalue weighted by Gasteiger charge is 2.18. The summed E-state index contributed by atoms with van der Waals surface area (Å²) in [6.07, 6.45) is 8.20. The summed E-state index contributed by atoms with van der Waals surface area (Å²) in [6, 6.07) is 14.5. The number of nitrogens with one attached hydrogen (secondary N) is 1. The van der Waals surface area contributed by atoms with Crippen molar-refractivity contribution in [1.82, 2.24) is 19.5 Å². The van der Waals surface area contributed by atoms with Crippen LogP contribution in [0.25, 0.3) is 11.5 Å². The molecule has 0 saturated heterocycles. The zero-order chi connectivity index (χ0) is 17.1. The number of rotatable bonds is 6. The quantitative estimate of drug-likeness (QED) is 0.569. The molecule has 3 aromatic heterocycles. The lowest BCUT2D eigenvalue weighted by Gasteiger charge is -2.16. The van der Waals surface area contributed by atoms with Crippen LogP contribution in [0.15, 0.2) is 71.9 Å². The van der Waals surface area contributed by atoms with Crippen molar-refractivity contribution in [2.75, 3.05) is 0 Å². The third kappa shape index (κ3) is 3.13. The van der Waals surface area contributed by atoms with E-state index in [1.54, 1.807) is 12.6 Å². The first-order valence-corrected chi connectivity index (χ1v) is 8.43. The lowest BCUT2D eigenvalue weighted by molar-refractivity contribution is 0.459. The SMILES string of the molecule is Cc1[nH]cnc1-c1nccn1CC[C@H](c1ccccc1)c1ccco1. The second-order valence-electron chi connectivity index (χ2n) is 6.09. The molecule has 0 bridgehead atoms. The second kappa shape index (κ2) is 6.81. The van der Waals surface area contributed by atoms with E-state index in [4.69, 9.17) is 4.42 Å². The van der Waals surface area contributed by atoms with Crippen LogP contribution in [0.1, 0.15) is 29.4 Å². The number of H-pyrrole nitrogens is 1. The fourth-order valence-electron chi connectivity index (χ4n) is 3.21. The molecular formula is C20H20N4O. The third-order valence-electron chi connectivity index (χ3n) is 4.50. The number of hydrogen-bond acceptors (Lipinski definition) is 3. The van der Waals surface area contributed by atoms with Crippen molar-refractivity contribution < 1.29 is 4.42 Å². The van der Waals surface area contributed by atoms with Crippen molar-refractivity contribution in [1.29, 1.82) is 0 Å². The van der Waals surface area contributed by atoms with E-state index in [1.165, 1.54) is 5.56 Å². The van der Waals surface area contributed by atoms with Crippen LogP contribution >= 0.6 is 0 Å². The van der Waals surface area contributed by atoms with Crippen LogP contribution in [0.3, 0.4) is 0 Å². The monoisotopic (exact) mass is 332 g/mol. The fraction of sp³-hybridized carbons (Fsp3) is 0.200. The van der Waals surface area contributed by atoms with E-state index in [2.05, 4.69) is 43.8 Å². The molecule has 1 aromatic carbocycles. The summed E-state index contributed by atoms with van der Waals surface area (Å²) in [5.74, 6) is 2.10. The molecule has 0 saturated carbocycles. The Bertz CT molecular complexity index is 922. The topological polar surface area (TPSA) is 59.6 Å². The van der Waals surface area contributed by atoms with Gasteiger partial charge in [0.25, 0.3) is 0 Å². The predicted molar refractivity (Wildman–Crippen MR) is 96.2 cm³/mol. The summed E-state index contributed by atoms with van der Waals surface area (Å²) in [4.78, 5) is 12.0. The Morgan fingerprint density at radius 1 is 1.12 bits per heavy atom. The van der Waals surface area contributed by atoms with E-state index >= 15 is 0 Å². The zero-order valence-corrected chi connectivity index (χ0v) is 14.1. The average Bonchev–Trinajstić information content (AvgIpc) is 3.38. The summed E-state index contributed by atoms with van der Waals surface area (Å²) < 4.78 is 7.85. The van der Waals surface area contributed by atoms with Gasteiger partial charge in [0.2, 0.25) is 0 Å². The molecule has 4 rings (SSSR count). The number of aromatic nitrogens is 4. The largest absolute Gasteiger partial charge is 0.469 e. The molecule has 0 spiro atoms. The third-order valence-corrected chi connectivity index (χ3v) is 4.50. The van der Waals surface area contributed by atoms with Crippen molar-refractivity contribution in [2.24, 2.45) is 0 Å². The maximum atomic E-state index is 5.70. The summed E-state index contributed by atoms with van der Waals surface area (Å²) in [7, 11) is 0. The molecule has 4 aromatic rings. The molecule has 25 heavy (non-hydrogen) atoms. The van der Waals surface area contributed by atoms with Gasteiger partial charge in [0.05, 0.1) is 12.6 Å². The van der Waals surface area contributed by atoms with E-state index in [9.17, 15) is 0 Å². The molecule has 3 heterocycles. The van der Waals surface area contributed by atoms with Crippen molar-refractivity contribution in [3.8, 4) is 11.5 Å². The Morgan fingerprint density at radius 2 is 2.00 bits per heavy atom. The van der Waals surface area contributed by atoms with Crippen LogP contribution in [-0.2, 0) is 6.54 Å². The van der Waals surface area contributed by atoms with Crippen molar-refractivity contribution >= 4 is 0 Å². The maximum Gasteiger partial charge on any atom is 0.160 e. The van der Waals surface area contributed by atoms with Crippen LogP contribution in [0.4, 0.5) is 0 Å². The summed E-state index contributed by atoms with van der Waals surface area (Å²) in [5, 5.41) is 0. The zero-order valence-electron chi connectivity index (χ0n) is 14.1. The lowest BCUT2D eigenvalue weighted by atomic mass is 9.93. The minimum absolute atomic E-state index is 0.215. The van der Waals surface area contributed by atoms with E-state index in [-0.39, 0.29) is 5.92 Å². The number of aromatic amines is 1. The number of nitrogens with zero attached hydrogens (tertiary/aromatic N) is 3. The van der Waals surface area contributed by atoms with Crippen LogP contribution in [0.2, 0.25) is 0 Å². The van der Waals surface area contributed by atoms with E-state index in [0.29, 0.717) is 0 Å². The molecule has 0 aliphatic rings. The smallest absolute Gasteiger partial charge is 0.160 e. The van der Waals surface area contributed by atoms with Gasteiger partial charge in [-0.05, 0) is 31.0 Å². The molecule has 5 nitrogen and oxygen atoms in total. The summed E-state index contributed by atoms with van der Waals surface area (Å²) >= 11 is 0. The van der Waals surface area contributed by atoms with Gasteiger partial charge in [-0.25, -0.2) is 9.97 Å². The van der Waals surface area contributed by atoms with Gasteiger partial charge in [-0.2, -0.15) is 0 Å². The number of benzene rings is 1. The normalized spacial score (nSPS) is 12.4. The number of hydrogen-bond donors (Lipinski definition) is 1. The minimum atomic E-state index is 0.215. The summed E-state index contributed by atoms with van der Waals surface area (Å²) in [5.41, 5.74) is 3.19. The minimum Gasteiger partial charge on any atom is -0.469 e. The van der Waals surface area contributed by atoms with Gasteiger partial charge in [-0.15, -0.1) is 0 Å². The Hall–Kier alpha value is -3.08. The van der Waals surface area contributed by atoms with Crippen LogP contribution < -0.4 is 0 Å². The first-order chi connectivity index (χ1) is 12.3. The molecule has 1 atom stereocenters. The van der Waals surface area contributed by atoms with E-state index in [1.807, 2.05) is 37.5 Å². The molecule has 0 fully saturated rings. The molecule has 0 radical (unpaired) electrons. The molecule has 1 N–H and O–H groups in total. The van der Waals surface area contributed by atoms with Gasteiger partial charge in [-0.3, -0.25) is 0 Å². The van der Waals surface area contributed by atoms with Crippen molar-refractivity contribution in [3.63, 3.8) is 0 Å². The van der Waals surface area contributed by atoms with Gasteiger partial charge < -0.3 is 14.0 Å². The van der Waals surface area contributed by atoms with Gasteiger partial charge in [0, 0.05) is 30.6 Å². The van der Waals surface area contributed by atoms with Crippen LogP contribution in [-0.4, -0.2) is 19.5 Å². The Morgan fingerprint density at radius 3 is 2.72 bits per heavy atom. The van der Waals surface area contributed by atoms with Gasteiger partial charge >= 0.3 is 0 Å². The van der Waals surface area contributed by atoms with E-state index < -0.39 is 0 Å². The van der Waals surface area contributed by atoms with Crippen molar-refractivity contribution in [3.05, 3.63) is 84.5 Å². The first-order valence-electron chi connectivity index (χ1n) is 8.43. The second-order valence-corrected chi connectivity index (χ2v) is 6.09. The molecule has 0 aliphatic carbocycles. The standard InChI is InChI=1S/C20H20N4O/c1-15-19(23-14-22-15)20-21-10-12-24(20)11-9-17(18-8-5-13-25-18)16-6-3-2-4-7-16/h2-8,10,12-14,17H,9,11H2,1H3,(H,22,23)/t17-/m1/s1. The number of furan rings is 1. The lowest BCUT2D eigenvalue weighted by Crippen LogP contribution is -2.07. The Labute approximate surface area is 146 Å². The molecule has 126 valence electrons. The van der Waals surface area contributed by atoms with Gasteiger partial charge in [0.1, 0.15) is 11.5 Å². The Balaban J connectivity index is 1.59. The molecule has 5 heteroatoms. The fourth-order valence-corrected chi connectivity index (χ4v) is 3.21. The number of aryl methyl sites for hydroxylation is 2. The predicted octanol–water partition coefficient (Wildman–Crippen LogP) is 4.40. The molecular weight excluding hydrogens is 312 g/mol. The highest BCUT2D eigenvalue weighted by Crippen LogP contribution is 2.29. The average molecular weight is 332 g/mol. The van der Waals surface area contributed by atoms with Gasteiger partial charge in [-0.1, -0.05) is 30.3 Å². The van der Waals surface area contributed by atoms with Crippen LogP contribution in [0.5, 0.6) is 0 Å². The number of imidazole rings is 2. The highest BCUT2D eigenvalue weighted by atomic mass is 16.3. The van der Waals surface area contributed by atoms with Crippen LogP contribution in [0, 0.1) is 6.92 Å². The van der Waals surface area contributed by atoms with Gasteiger partial charge in [0.15, 0.2) is 5.82 Å². The van der Waals surface area contributed by atoms with E-state index in [0.717, 1.165) is 35.9 Å². The molecule has 0 amide bonds. The molecule has 0 aliphatic heterocycles.